The molecular weight excluding hydrogens is 531 g/mol. The predicted molar refractivity (Wildman–Crippen MR) is 145 cm³/mol. The van der Waals surface area contributed by atoms with Gasteiger partial charge in [0.15, 0.2) is 0 Å². The molecule has 0 saturated heterocycles. The highest BCUT2D eigenvalue weighted by atomic mass is 32.2. The molecule has 0 radical (unpaired) electrons. The molecule has 1 aliphatic carbocycles. The van der Waals surface area contributed by atoms with Crippen LogP contribution in [-0.4, -0.2) is 56.6 Å². The monoisotopic (exact) mass is 567 g/mol. The third-order valence-electron chi connectivity index (χ3n) is 6.96. The first-order valence-corrected chi connectivity index (χ1v) is 15.0. The number of carbonyl (C=O) groups is 2. The Balaban J connectivity index is 1.89. The molecule has 11 heteroatoms. The molecule has 1 unspecified atom stereocenters. The van der Waals surface area contributed by atoms with E-state index in [1.807, 2.05) is 30.3 Å². The van der Waals surface area contributed by atoms with E-state index in [-0.39, 0.29) is 24.2 Å². The minimum absolute atomic E-state index is 0.0176. The minimum atomic E-state index is -4.69. The Labute approximate surface area is 228 Å². The van der Waals surface area contributed by atoms with Crippen molar-refractivity contribution in [2.75, 3.05) is 23.7 Å². The van der Waals surface area contributed by atoms with E-state index in [1.165, 1.54) is 11.0 Å². The number of rotatable bonds is 11. The Bertz CT molecular complexity index is 1220. The van der Waals surface area contributed by atoms with Gasteiger partial charge in [0, 0.05) is 12.6 Å². The number of amides is 2. The summed E-state index contributed by atoms with van der Waals surface area (Å²) in [5, 5.41) is 3.05. The van der Waals surface area contributed by atoms with Gasteiger partial charge in [0.05, 0.1) is 17.5 Å². The Morgan fingerprint density at radius 1 is 1.03 bits per heavy atom. The molecule has 214 valence electrons. The molecule has 39 heavy (non-hydrogen) atoms. The number of halogens is 3. The first-order chi connectivity index (χ1) is 18.4. The van der Waals surface area contributed by atoms with Crippen molar-refractivity contribution in [3.8, 4) is 0 Å². The quantitative estimate of drug-likeness (QED) is 0.424. The number of alkyl halides is 3. The lowest BCUT2D eigenvalue weighted by Gasteiger charge is -2.34. The maximum atomic E-state index is 13.7. The van der Waals surface area contributed by atoms with E-state index >= 15 is 0 Å². The lowest BCUT2D eigenvalue weighted by molar-refractivity contribution is -0.140. The largest absolute Gasteiger partial charge is 0.416 e. The average Bonchev–Trinajstić information content (AvgIpc) is 2.89. The van der Waals surface area contributed by atoms with Gasteiger partial charge in [-0.1, -0.05) is 62.6 Å². The third-order valence-corrected chi connectivity index (χ3v) is 8.10. The van der Waals surface area contributed by atoms with Crippen LogP contribution in [0.2, 0.25) is 0 Å². The number of nitrogens with zero attached hydrogens (tertiary/aromatic N) is 2. The van der Waals surface area contributed by atoms with Crippen molar-refractivity contribution in [1.82, 2.24) is 10.2 Å². The Morgan fingerprint density at radius 2 is 1.69 bits per heavy atom. The van der Waals surface area contributed by atoms with Gasteiger partial charge in [-0.3, -0.25) is 13.9 Å². The van der Waals surface area contributed by atoms with Gasteiger partial charge in [0.2, 0.25) is 21.8 Å². The topological polar surface area (TPSA) is 86.8 Å². The molecule has 1 N–H and O–H groups in total. The van der Waals surface area contributed by atoms with Crippen LogP contribution >= 0.6 is 0 Å². The molecule has 0 heterocycles. The second-order valence-corrected chi connectivity index (χ2v) is 11.8. The number of hydrogen-bond acceptors (Lipinski definition) is 4. The van der Waals surface area contributed by atoms with E-state index in [0.29, 0.717) is 23.2 Å². The molecule has 2 aromatic rings. The fourth-order valence-electron chi connectivity index (χ4n) is 4.89. The van der Waals surface area contributed by atoms with Crippen LogP contribution in [0.1, 0.15) is 56.6 Å². The van der Waals surface area contributed by atoms with Gasteiger partial charge in [-0.25, -0.2) is 8.42 Å². The molecule has 1 saturated carbocycles. The van der Waals surface area contributed by atoms with Gasteiger partial charge in [-0.05, 0) is 49.4 Å². The van der Waals surface area contributed by atoms with E-state index in [4.69, 9.17) is 0 Å². The first kappa shape index (κ1) is 30.5. The summed E-state index contributed by atoms with van der Waals surface area (Å²) in [7, 11) is -4.13. The maximum absolute atomic E-state index is 13.7. The predicted octanol–water partition coefficient (Wildman–Crippen LogP) is 4.77. The van der Waals surface area contributed by atoms with Gasteiger partial charge in [-0.15, -0.1) is 0 Å². The summed E-state index contributed by atoms with van der Waals surface area (Å²) in [5.41, 5.74) is -0.376. The smallest absolute Gasteiger partial charge is 0.352 e. The highest BCUT2D eigenvalue weighted by molar-refractivity contribution is 7.92. The van der Waals surface area contributed by atoms with Gasteiger partial charge in [-0.2, -0.15) is 13.2 Å². The maximum Gasteiger partial charge on any atom is 0.416 e. The van der Waals surface area contributed by atoms with Crippen LogP contribution in [0.5, 0.6) is 0 Å². The number of sulfonamides is 1. The second kappa shape index (κ2) is 13.3. The van der Waals surface area contributed by atoms with Crippen molar-refractivity contribution < 1.29 is 31.2 Å². The van der Waals surface area contributed by atoms with Crippen molar-refractivity contribution in [3.05, 3.63) is 65.7 Å². The summed E-state index contributed by atoms with van der Waals surface area (Å²) in [6.07, 6.45) is 1.72. The van der Waals surface area contributed by atoms with Crippen LogP contribution in [-0.2, 0) is 32.2 Å². The molecule has 3 rings (SSSR count). The average molecular weight is 568 g/mol. The zero-order valence-electron chi connectivity index (χ0n) is 22.3. The zero-order chi connectivity index (χ0) is 28.6. The Morgan fingerprint density at radius 3 is 2.28 bits per heavy atom. The zero-order valence-corrected chi connectivity index (χ0v) is 23.1. The van der Waals surface area contributed by atoms with Gasteiger partial charge in [0.1, 0.15) is 12.6 Å². The van der Waals surface area contributed by atoms with E-state index in [1.54, 1.807) is 6.92 Å². The highest BCUT2D eigenvalue weighted by Crippen LogP contribution is 2.32. The number of carbonyl (C=O) groups excluding carboxylic acids is 2. The van der Waals surface area contributed by atoms with Crippen molar-refractivity contribution in [2.24, 2.45) is 0 Å². The van der Waals surface area contributed by atoms with E-state index in [2.05, 4.69) is 5.32 Å². The van der Waals surface area contributed by atoms with E-state index in [9.17, 15) is 31.2 Å². The van der Waals surface area contributed by atoms with Gasteiger partial charge in [0.25, 0.3) is 0 Å². The summed E-state index contributed by atoms with van der Waals surface area (Å²) in [6.45, 7) is 1.18. The third kappa shape index (κ3) is 8.71. The summed E-state index contributed by atoms with van der Waals surface area (Å²) in [5.74, 6) is -0.977. The molecular formula is C28H36F3N3O4S. The molecule has 0 aromatic heterocycles. The van der Waals surface area contributed by atoms with Crippen molar-refractivity contribution >= 4 is 27.5 Å². The molecule has 1 atom stereocenters. The van der Waals surface area contributed by atoms with Gasteiger partial charge < -0.3 is 10.2 Å². The number of anilines is 1. The molecule has 0 spiro atoms. The minimum Gasteiger partial charge on any atom is -0.352 e. The van der Waals surface area contributed by atoms with Crippen LogP contribution in [0.3, 0.4) is 0 Å². The molecule has 0 bridgehead atoms. The van der Waals surface area contributed by atoms with E-state index in [0.717, 1.165) is 56.1 Å². The first-order valence-electron chi connectivity index (χ1n) is 13.2. The van der Waals surface area contributed by atoms with Crippen molar-refractivity contribution in [1.29, 1.82) is 0 Å². The summed E-state index contributed by atoms with van der Waals surface area (Å²) < 4.78 is 66.0. The lowest BCUT2D eigenvalue weighted by Crippen LogP contribution is -2.54. The SMILES string of the molecule is CCC(C(=O)NC1CCCCC1)N(CCc1ccccc1)C(=O)CN(c1cccc(C(F)(F)F)c1)S(C)(=O)=O. The number of nitrogens with one attached hydrogen (secondary N) is 1. The molecule has 7 nitrogen and oxygen atoms in total. The Hall–Kier alpha value is -3.08. The normalized spacial score (nSPS) is 15.4. The summed E-state index contributed by atoms with van der Waals surface area (Å²) in [6, 6.07) is 12.4. The summed E-state index contributed by atoms with van der Waals surface area (Å²) in [4.78, 5) is 28.4. The van der Waals surface area contributed by atoms with Crippen LogP contribution < -0.4 is 9.62 Å². The standard InChI is InChI=1S/C28H36F3N3O4S/c1-3-25(27(36)32-23-14-8-5-9-15-23)33(18-17-21-11-6-4-7-12-21)26(35)20-34(39(2,37)38)24-16-10-13-22(19-24)28(29,30)31/h4,6-7,10-13,16,19,23,25H,3,5,8-9,14-15,17-18,20H2,1-2H3,(H,32,36). The fraction of sp³-hybridized carbons (Fsp3) is 0.500. The number of benzene rings is 2. The highest BCUT2D eigenvalue weighted by Gasteiger charge is 2.34. The number of hydrogen-bond donors (Lipinski definition) is 1. The fourth-order valence-corrected chi connectivity index (χ4v) is 5.73. The van der Waals surface area contributed by atoms with Crippen LogP contribution in [0.15, 0.2) is 54.6 Å². The van der Waals surface area contributed by atoms with Crippen LogP contribution in [0.25, 0.3) is 0 Å². The van der Waals surface area contributed by atoms with E-state index < -0.39 is 40.3 Å². The molecule has 1 aliphatic rings. The summed E-state index contributed by atoms with van der Waals surface area (Å²) >= 11 is 0. The molecule has 2 amide bonds. The van der Waals surface area contributed by atoms with Crippen molar-refractivity contribution in [2.45, 2.75) is 70.1 Å². The van der Waals surface area contributed by atoms with Crippen molar-refractivity contribution in [3.63, 3.8) is 0 Å². The Kier molecular flexibility index (Phi) is 10.4. The molecule has 1 fully saturated rings. The van der Waals surface area contributed by atoms with Gasteiger partial charge >= 0.3 is 6.18 Å². The second-order valence-electron chi connectivity index (χ2n) is 9.91. The lowest BCUT2D eigenvalue weighted by atomic mass is 9.95. The molecule has 0 aliphatic heterocycles. The van der Waals surface area contributed by atoms with Crippen LogP contribution in [0, 0.1) is 0 Å². The van der Waals surface area contributed by atoms with Crippen LogP contribution in [0.4, 0.5) is 18.9 Å². The molecule has 2 aromatic carbocycles.